The van der Waals surface area contributed by atoms with Gasteiger partial charge in [0.05, 0.1) is 18.2 Å². The molecule has 1 aliphatic carbocycles. The van der Waals surface area contributed by atoms with E-state index in [0.29, 0.717) is 41.7 Å². The highest BCUT2D eigenvalue weighted by Gasteiger charge is 2.34. The molecule has 0 radical (unpaired) electrons. The molecule has 9 nitrogen and oxygen atoms in total. The molecule has 0 atom stereocenters. The number of aliphatic imine (C=N–C) groups is 1. The molecular weight excluding hydrogens is 394 g/mol. The molecule has 1 saturated heterocycles. The van der Waals surface area contributed by atoms with Gasteiger partial charge in [0.15, 0.2) is 5.65 Å². The van der Waals surface area contributed by atoms with Crippen molar-refractivity contribution in [3.05, 3.63) is 52.7 Å². The molecule has 2 aliphatic rings. The molecular formula is C22H23N7O2. The van der Waals surface area contributed by atoms with Gasteiger partial charge in [-0.2, -0.15) is 10.4 Å². The van der Waals surface area contributed by atoms with Crippen LogP contribution in [0, 0.1) is 11.5 Å². The largest absolute Gasteiger partial charge is 0.425 e. The molecule has 1 aromatic carbocycles. The van der Waals surface area contributed by atoms with E-state index in [-0.39, 0.29) is 17.5 Å². The Morgan fingerprint density at radius 2 is 1.97 bits per heavy atom. The average molecular weight is 417 g/mol. The first-order valence-corrected chi connectivity index (χ1v) is 10.6. The zero-order valence-corrected chi connectivity index (χ0v) is 17.1. The monoisotopic (exact) mass is 417 g/mol. The Kier molecular flexibility index (Phi) is 5.12. The molecule has 158 valence electrons. The molecule has 1 N–H and O–H groups in total. The standard InChI is InChI=1S/C22H23N7O2/c23-14-24-22(31-17-9-5-2-6-10-17)28-12-15(13-28)19-26-20-18(21(30)27-19)11-25-29(20)16-7-3-1-4-8-16/h2,5-6,9-11,15-16H,1,3-4,7-8,12-13H2,(H,26,27,30)/b24-22-. The van der Waals surface area contributed by atoms with E-state index >= 15 is 0 Å². The van der Waals surface area contributed by atoms with Crippen molar-refractivity contribution in [2.24, 2.45) is 4.99 Å². The van der Waals surface area contributed by atoms with Crippen molar-refractivity contribution in [1.82, 2.24) is 24.6 Å². The number of H-pyrrole nitrogens is 1. The minimum atomic E-state index is -0.160. The lowest BCUT2D eigenvalue weighted by molar-refractivity contribution is 0.208. The maximum absolute atomic E-state index is 12.6. The number of nitriles is 1. The summed E-state index contributed by atoms with van der Waals surface area (Å²) in [5.41, 5.74) is 0.502. The Morgan fingerprint density at radius 3 is 2.71 bits per heavy atom. The van der Waals surface area contributed by atoms with Crippen molar-refractivity contribution in [1.29, 1.82) is 5.26 Å². The molecule has 0 unspecified atom stereocenters. The lowest BCUT2D eigenvalue weighted by atomic mass is 9.96. The van der Waals surface area contributed by atoms with Crippen LogP contribution < -0.4 is 10.3 Å². The van der Waals surface area contributed by atoms with Crippen LogP contribution >= 0.6 is 0 Å². The van der Waals surface area contributed by atoms with Gasteiger partial charge in [0.25, 0.3) is 5.56 Å². The van der Waals surface area contributed by atoms with Crippen LogP contribution in [0.3, 0.4) is 0 Å². The topological polar surface area (TPSA) is 112 Å². The number of nitrogens with one attached hydrogen (secondary N) is 1. The van der Waals surface area contributed by atoms with Crippen LogP contribution in [0.4, 0.5) is 0 Å². The van der Waals surface area contributed by atoms with E-state index in [0.717, 1.165) is 12.8 Å². The summed E-state index contributed by atoms with van der Waals surface area (Å²) in [5, 5.41) is 14.1. The van der Waals surface area contributed by atoms with Gasteiger partial charge >= 0.3 is 6.02 Å². The summed E-state index contributed by atoms with van der Waals surface area (Å²) in [6.45, 7) is 1.11. The second-order valence-electron chi connectivity index (χ2n) is 8.08. The van der Waals surface area contributed by atoms with Gasteiger partial charge in [-0.1, -0.05) is 37.5 Å². The number of fused-ring (bicyclic) bond motifs is 1. The van der Waals surface area contributed by atoms with Gasteiger partial charge in [0, 0.05) is 13.1 Å². The van der Waals surface area contributed by atoms with E-state index in [1.807, 2.05) is 39.9 Å². The number of hydrogen-bond acceptors (Lipinski definition) is 6. The van der Waals surface area contributed by atoms with E-state index in [2.05, 4.69) is 15.1 Å². The highest BCUT2D eigenvalue weighted by molar-refractivity contribution is 5.78. The van der Waals surface area contributed by atoms with Crippen LogP contribution in [0.5, 0.6) is 5.75 Å². The maximum atomic E-state index is 12.6. The third-order valence-electron chi connectivity index (χ3n) is 6.04. The van der Waals surface area contributed by atoms with Crippen molar-refractivity contribution >= 4 is 17.1 Å². The second-order valence-corrected chi connectivity index (χ2v) is 8.08. The molecule has 1 aliphatic heterocycles. The smallest absolute Gasteiger partial charge is 0.308 e. The minimum Gasteiger partial charge on any atom is -0.425 e. The van der Waals surface area contributed by atoms with Crippen molar-refractivity contribution in [2.75, 3.05) is 13.1 Å². The van der Waals surface area contributed by atoms with Gasteiger partial charge in [0.2, 0.25) is 6.19 Å². The van der Waals surface area contributed by atoms with Crippen LogP contribution in [-0.4, -0.2) is 43.8 Å². The Hall–Kier alpha value is -3.67. The molecule has 3 heterocycles. The highest BCUT2D eigenvalue weighted by atomic mass is 16.5. The number of ether oxygens (including phenoxy) is 1. The molecule has 9 heteroatoms. The first-order chi connectivity index (χ1) is 15.2. The van der Waals surface area contributed by atoms with E-state index in [4.69, 9.17) is 15.0 Å². The molecule has 2 fully saturated rings. The fraction of sp³-hybridized carbons (Fsp3) is 0.409. The third-order valence-corrected chi connectivity index (χ3v) is 6.04. The molecule has 31 heavy (non-hydrogen) atoms. The Bertz CT molecular complexity index is 1200. The number of nitrogens with zero attached hydrogens (tertiary/aromatic N) is 6. The van der Waals surface area contributed by atoms with Crippen molar-refractivity contribution in [3.8, 4) is 11.9 Å². The van der Waals surface area contributed by atoms with Crippen LogP contribution in [-0.2, 0) is 0 Å². The van der Waals surface area contributed by atoms with E-state index < -0.39 is 0 Å². The molecule has 5 rings (SSSR count). The Morgan fingerprint density at radius 1 is 1.19 bits per heavy atom. The Balaban J connectivity index is 1.35. The lowest BCUT2D eigenvalue weighted by Crippen LogP contribution is -2.51. The van der Waals surface area contributed by atoms with E-state index in [9.17, 15) is 4.79 Å². The SMILES string of the molecule is N#C/N=C(\Oc1ccccc1)N1CC(c2nc3c(cnn3C3CCCCC3)c(=O)[nH]2)C1. The van der Waals surface area contributed by atoms with Gasteiger partial charge in [-0.25, -0.2) is 9.67 Å². The Labute approximate surface area is 179 Å². The van der Waals surface area contributed by atoms with E-state index in [1.165, 1.54) is 19.3 Å². The van der Waals surface area contributed by atoms with Crippen molar-refractivity contribution in [2.45, 2.75) is 44.1 Å². The van der Waals surface area contributed by atoms with Gasteiger partial charge in [0.1, 0.15) is 17.0 Å². The van der Waals surface area contributed by atoms with Crippen LogP contribution in [0.25, 0.3) is 11.0 Å². The molecule has 0 spiro atoms. The summed E-state index contributed by atoms with van der Waals surface area (Å²) in [7, 11) is 0. The summed E-state index contributed by atoms with van der Waals surface area (Å²) in [6.07, 6.45) is 9.19. The summed E-state index contributed by atoms with van der Waals surface area (Å²) in [4.78, 5) is 26.0. The number of benzene rings is 1. The van der Waals surface area contributed by atoms with Crippen LogP contribution in [0.1, 0.15) is 49.9 Å². The van der Waals surface area contributed by atoms with Crippen molar-refractivity contribution in [3.63, 3.8) is 0 Å². The zero-order valence-electron chi connectivity index (χ0n) is 17.1. The molecule has 0 amide bonds. The molecule has 1 saturated carbocycles. The maximum Gasteiger partial charge on any atom is 0.308 e. The quantitative estimate of drug-likeness (QED) is 0.398. The number of aromatic amines is 1. The van der Waals surface area contributed by atoms with Gasteiger partial charge in [-0.15, -0.1) is 4.99 Å². The van der Waals surface area contributed by atoms with Crippen molar-refractivity contribution < 1.29 is 4.74 Å². The zero-order chi connectivity index (χ0) is 21.2. The number of para-hydroxylation sites is 1. The summed E-state index contributed by atoms with van der Waals surface area (Å²) in [5.74, 6) is 1.28. The fourth-order valence-electron chi connectivity index (χ4n) is 4.34. The van der Waals surface area contributed by atoms with Crippen LogP contribution in [0.15, 0.2) is 46.3 Å². The predicted octanol–water partition coefficient (Wildman–Crippen LogP) is 2.94. The molecule has 2 aromatic heterocycles. The number of aromatic nitrogens is 4. The average Bonchev–Trinajstić information content (AvgIpc) is 3.19. The summed E-state index contributed by atoms with van der Waals surface area (Å²) < 4.78 is 7.71. The van der Waals surface area contributed by atoms with Gasteiger partial charge in [-0.3, -0.25) is 4.79 Å². The first kappa shape index (κ1) is 19.3. The number of amidine groups is 1. The van der Waals surface area contributed by atoms with Crippen LogP contribution in [0.2, 0.25) is 0 Å². The highest BCUT2D eigenvalue weighted by Crippen LogP contribution is 2.30. The summed E-state index contributed by atoms with van der Waals surface area (Å²) in [6, 6.07) is 9.78. The molecule has 0 bridgehead atoms. The number of rotatable bonds is 3. The minimum absolute atomic E-state index is 0.0232. The predicted molar refractivity (Wildman–Crippen MR) is 115 cm³/mol. The molecule has 3 aromatic rings. The normalized spacial score (nSPS) is 18.0. The first-order valence-electron chi connectivity index (χ1n) is 10.6. The summed E-state index contributed by atoms with van der Waals surface area (Å²) >= 11 is 0. The lowest BCUT2D eigenvalue weighted by Gasteiger charge is -2.39. The fourth-order valence-corrected chi connectivity index (χ4v) is 4.34. The van der Waals surface area contributed by atoms with Gasteiger partial charge < -0.3 is 14.6 Å². The number of likely N-dealkylation sites (tertiary alicyclic amines) is 1. The van der Waals surface area contributed by atoms with E-state index in [1.54, 1.807) is 12.4 Å². The second kappa shape index (κ2) is 8.22. The van der Waals surface area contributed by atoms with Gasteiger partial charge in [-0.05, 0) is 25.0 Å². The number of hydrogen-bond donors (Lipinski definition) is 1. The third kappa shape index (κ3) is 3.77.